The molecule has 9 heteroatoms. The minimum Gasteiger partial charge on any atom is -0.465 e. The van der Waals surface area contributed by atoms with Gasteiger partial charge in [-0.3, -0.25) is 14.6 Å². The summed E-state index contributed by atoms with van der Waals surface area (Å²) in [7, 11) is 4.68. The van der Waals surface area contributed by atoms with Crippen LogP contribution in [0.1, 0.15) is 58.8 Å². The molecule has 0 aliphatic heterocycles. The molecule has 0 aliphatic carbocycles. The fourth-order valence-electron chi connectivity index (χ4n) is 4.66. The van der Waals surface area contributed by atoms with E-state index in [9.17, 15) is 14.4 Å². The molecule has 0 radical (unpaired) electrons. The van der Waals surface area contributed by atoms with Crippen LogP contribution in [0.2, 0.25) is 0 Å². The second-order valence-corrected chi connectivity index (χ2v) is 9.07. The number of aromatic nitrogens is 4. The molecule has 3 heterocycles. The van der Waals surface area contributed by atoms with Crippen LogP contribution in [0.25, 0.3) is 21.9 Å². The lowest BCUT2D eigenvalue weighted by atomic mass is 9.96. The minimum atomic E-state index is -0.536. The van der Waals surface area contributed by atoms with Crippen molar-refractivity contribution in [3.8, 4) is 0 Å². The van der Waals surface area contributed by atoms with E-state index < -0.39 is 12.0 Å². The van der Waals surface area contributed by atoms with Crippen molar-refractivity contribution in [3.05, 3.63) is 59.8 Å². The van der Waals surface area contributed by atoms with Gasteiger partial charge in [-0.05, 0) is 31.5 Å². The van der Waals surface area contributed by atoms with E-state index in [0.29, 0.717) is 34.3 Å². The number of ether oxygens (including phenoxy) is 1. The highest BCUT2D eigenvalue weighted by Crippen LogP contribution is 2.33. The number of esters is 1. The van der Waals surface area contributed by atoms with Crippen molar-refractivity contribution in [1.82, 2.24) is 24.0 Å². The molecule has 1 amide bonds. The number of fused-ring (bicyclic) bond motifs is 2. The standard InChI is InChI=1S/C27H31N5O4/c1-6-7-10-23(32-17(2)29-20-14-28-13-12-21(20)32)26(34)19-15-31(16-24(33)30(3)4)22-11-8-9-18(25(19)22)27(35)36-5/h8-9,11-15,23H,6-7,10,16H2,1-5H3. The summed E-state index contributed by atoms with van der Waals surface area (Å²) in [4.78, 5) is 49.9. The molecule has 36 heavy (non-hydrogen) atoms. The predicted molar refractivity (Wildman–Crippen MR) is 137 cm³/mol. The van der Waals surface area contributed by atoms with Crippen LogP contribution in [0.15, 0.2) is 42.9 Å². The molecule has 4 rings (SSSR count). The Morgan fingerprint density at radius 1 is 1.11 bits per heavy atom. The predicted octanol–water partition coefficient (Wildman–Crippen LogP) is 4.18. The van der Waals surface area contributed by atoms with Gasteiger partial charge >= 0.3 is 5.97 Å². The molecule has 0 fully saturated rings. The number of nitrogens with zero attached hydrogens (tertiary/aromatic N) is 5. The third-order valence-corrected chi connectivity index (χ3v) is 6.49. The van der Waals surface area contributed by atoms with Gasteiger partial charge in [-0.2, -0.15) is 0 Å². The average molecular weight is 490 g/mol. The van der Waals surface area contributed by atoms with E-state index in [-0.39, 0.29) is 18.2 Å². The van der Waals surface area contributed by atoms with E-state index in [1.807, 2.05) is 23.6 Å². The highest BCUT2D eigenvalue weighted by molar-refractivity contribution is 6.16. The number of amides is 1. The van der Waals surface area contributed by atoms with E-state index in [1.54, 1.807) is 49.4 Å². The number of benzene rings is 1. The quantitative estimate of drug-likeness (QED) is 0.258. The Morgan fingerprint density at radius 3 is 2.58 bits per heavy atom. The van der Waals surface area contributed by atoms with Gasteiger partial charge in [0.2, 0.25) is 5.91 Å². The summed E-state index contributed by atoms with van der Waals surface area (Å²) < 4.78 is 8.72. The fourth-order valence-corrected chi connectivity index (χ4v) is 4.66. The normalized spacial score (nSPS) is 12.1. The summed E-state index contributed by atoms with van der Waals surface area (Å²) in [5.41, 5.74) is 2.85. The number of carbonyl (C=O) groups excluding carboxylic acids is 3. The van der Waals surface area contributed by atoms with E-state index in [0.717, 1.165) is 23.9 Å². The Hall–Kier alpha value is -4.01. The molecular formula is C27H31N5O4. The van der Waals surface area contributed by atoms with Crippen molar-refractivity contribution in [2.45, 2.75) is 45.7 Å². The van der Waals surface area contributed by atoms with Crippen LogP contribution in [0, 0.1) is 6.92 Å². The maximum absolute atomic E-state index is 14.3. The van der Waals surface area contributed by atoms with Crippen molar-refractivity contribution in [3.63, 3.8) is 0 Å². The molecule has 0 spiro atoms. The number of rotatable bonds is 9. The number of pyridine rings is 1. The van der Waals surface area contributed by atoms with Gasteiger partial charge in [0.15, 0.2) is 5.78 Å². The number of likely N-dealkylation sites (N-methyl/N-ethyl adjacent to an activating group) is 1. The first-order chi connectivity index (χ1) is 17.3. The van der Waals surface area contributed by atoms with Gasteiger partial charge in [0.05, 0.1) is 35.9 Å². The Kier molecular flexibility index (Phi) is 7.19. The van der Waals surface area contributed by atoms with E-state index in [2.05, 4.69) is 16.9 Å². The molecule has 0 N–H and O–H groups in total. The van der Waals surface area contributed by atoms with Crippen molar-refractivity contribution in [2.75, 3.05) is 21.2 Å². The Labute approximate surface area is 209 Å². The van der Waals surface area contributed by atoms with Crippen molar-refractivity contribution < 1.29 is 19.1 Å². The lowest BCUT2D eigenvalue weighted by Gasteiger charge is -2.20. The Balaban J connectivity index is 1.94. The van der Waals surface area contributed by atoms with Crippen LogP contribution in [0.4, 0.5) is 0 Å². The van der Waals surface area contributed by atoms with Crippen molar-refractivity contribution >= 4 is 39.6 Å². The summed E-state index contributed by atoms with van der Waals surface area (Å²) in [6, 6.07) is 6.51. The molecule has 1 aromatic carbocycles. The fraction of sp³-hybridized carbons (Fsp3) is 0.370. The van der Waals surface area contributed by atoms with Crippen molar-refractivity contribution in [2.24, 2.45) is 0 Å². The first kappa shape index (κ1) is 25.1. The number of hydrogen-bond donors (Lipinski definition) is 0. The SMILES string of the molecule is CCCCC(C(=O)c1cn(CC(=O)N(C)C)c2cccc(C(=O)OC)c12)n1c(C)nc2cnccc21. The van der Waals surface area contributed by atoms with E-state index in [4.69, 9.17) is 4.74 Å². The molecule has 188 valence electrons. The highest BCUT2D eigenvalue weighted by Gasteiger charge is 2.30. The van der Waals surface area contributed by atoms with Gasteiger partial charge in [0, 0.05) is 37.4 Å². The Bertz CT molecular complexity index is 1450. The maximum atomic E-state index is 14.3. The number of ketones is 1. The second kappa shape index (κ2) is 10.3. The van der Waals surface area contributed by atoms with Crippen LogP contribution in [-0.4, -0.2) is 62.9 Å². The molecule has 4 aromatic rings. The number of methoxy groups -OCH3 is 1. The van der Waals surface area contributed by atoms with Gasteiger partial charge in [-0.25, -0.2) is 9.78 Å². The first-order valence-corrected chi connectivity index (χ1v) is 12.0. The summed E-state index contributed by atoms with van der Waals surface area (Å²) in [5.74, 6) is -0.0835. The summed E-state index contributed by atoms with van der Waals surface area (Å²) >= 11 is 0. The zero-order valence-corrected chi connectivity index (χ0v) is 21.3. The molecule has 0 saturated heterocycles. The van der Waals surface area contributed by atoms with Crippen LogP contribution >= 0.6 is 0 Å². The van der Waals surface area contributed by atoms with Crippen LogP contribution in [-0.2, 0) is 16.1 Å². The minimum absolute atomic E-state index is 0.0414. The number of aryl methyl sites for hydroxylation is 1. The molecule has 1 unspecified atom stereocenters. The molecule has 0 aliphatic rings. The maximum Gasteiger partial charge on any atom is 0.338 e. The largest absolute Gasteiger partial charge is 0.465 e. The third kappa shape index (κ3) is 4.48. The van der Waals surface area contributed by atoms with Gasteiger partial charge in [-0.1, -0.05) is 25.8 Å². The van der Waals surface area contributed by atoms with E-state index in [1.165, 1.54) is 12.0 Å². The number of carbonyl (C=O) groups is 3. The van der Waals surface area contributed by atoms with Crippen LogP contribution in [0.3, 0.4) is 0 Å². The van der Waals surface area contributed by atoms with E-state index >= 15 is 0 Å². The summed E-state index contributed by atoms with van der Waals surface area (Å²) in [6.07, 6.45) is 7.43. The van der Waals surface area contributed by atoms with Gasteiger partial charge in [0.1, 0.15) is 17.9 Å². The third-order valence-electron chi connectivity index (χ3n) is 6.49. The number of unbranched alkanes of at least 4 members (excludes halogenated alkanes) is 1. The topological polar surface area (TPSA) is 99.3 Å². The summed E-state index contributed by atoms with van der Waals surface area (Å²) in [6.45, 7) is 4.00. The highest BCUT2D eigenvalue weighted by atomic mass is 16.5. The second-order valence-electron chi connectivity index (χ2n) is 9.07. The van der Waals surface area contributed by atoms with Gasteiger partial charge in [0.25, 0.3) is 0 Å². The monoisotopic (exact) mass is 489 g/mol. The molecule has 9 nitrogen and oxygen atoms in total. The van der Waals surface area contributed by atoms with Gasteiger partial charge < -0.3 is 18.8 Å². The molecule has 0 saturated carbocycles. The number of Topliss-reactive ketones (excluding diaryl/α,β-unsaturated/α-hetero) is 1. The molecule has 1 atom stereocenters. The molecule has 0 bridgehead atoms. The smallest absolute Gasteiger partial charge is 0.338 e. The first-order valence-electron chi connectivity index (χ1n) is 12.0. The molecule has 3 aromatic heterocycles. The Morgan fingerprint density at radius 2 is 1.89 bits per heavy atom. The van der Waals surface area contributed by atoms with Gasteiger partial charge in [-0.15, -0.1) is 0 Å². The van der Waals surface area contributed by atoms with Crippen LogP contribution < -0.4 is 0 Å². The lowest BCUT2D eigenvalue weighted by Crippen LogP contribution is -2.26. The average Bonchev–Trinajstić information content (AvgIpc) is 3.41. The van der Waals surface area contributed by atoms with Crippen LogP contribution in [0.5, 0.6) is 0 Å². The zero-order chi connectivity index (χ0) is 26.0. The zero-order valence-electron chi connectivity index (χ0n) is 21.3. The van der Waals surface area contributed by atoms with Crippen molar-refractivity contribution in [1.29, 1.82) is 0 Å². The number of imidazole rings is 1. The lowest BCUT2D eigenvalue weighted by molar-refractivity contribution is -0.129. The summed E-state index contributed by atoms with van der Waals surface area (Å²) in [5, 5.41) is 0.492. The number of hydrogen-bond acceptors (Lipinski definition) is 6. The molecular weight excluding hydrogens is 458 g/mol.